The summed E-state index contributed by atoms with van der Waals surface area (Å²) in [7, 11) is 0. The standard InChI is InChI=1S/C16H32N2O/c1-4-7-14-8-5-6-13-18(14)15(19)9-10-16(2,3)11-12-17/h14H,4-13,17H2,1-3H3. The fourth-order valence-corrected chi connectivity index (χ4v) is 3.07. The van der Waals surface area contributed by atoms with Crippen molar-refractivity contribution in [3.63, 3.8) is 0 Å². The lowest BCUT2D eigenvalue weighted by Crippen LogP contribution is -2.43. The average molecular weight is 268 g/mol. The topological polar surface area (TPSA) is 46.3 Å². The number of nitrogens with two attached hydrogens (primary N) is 1. The number of carbonyl (C=O) groups is 1. The summed E-state index contributed by atoms with van der Waals surface area (Å²) in [6.07, 6.45) is 8.65. The van der Waals surface area contributed by atoms with Crippen molar-refractivity contribution in [1.29, 1.82) is 0 Å². The van der Waals surface area contributed by atoms with Crippen molar-refractivity contribution in [2.45, 2.75) is 78.2 Å². The van der Waals surface area contributed by atoms with Crippen molar-refractivity contribution in [1.82, 2.24) is 4.90 Å². The van der Waals surface area contributed by atoms with Gasteiger partial charge in [-0.15, -0.1) is 0 Å². The second-order valence-corrected chi connectivity index (χ2v) is 6.73. The lowest BCUT2D eigenvalue weighted by Gasteiger charge is -2.36. The second kappa shape index (κ2) is 7.88. The Bertz CT molecular complexity index is 274. The van der Waals surface area contributed by atoms with Gasteiger partial charge in [0.15, 0.2) is 0 Å². The van der Waals surface area contributed by atoms with E-state index in [1.54, 1.807) is 0 Å². The van der Waals surface area contributed by atoms with Crippen LogP contribution >= 0.6 is 0 Å². The third kappa shape index (κ3) is 5.52. The zero-order valence-corrected chi connectivity index (χ0v) is 13.1. The third-order valence-electron chi connectivity index (χ3n) is 4.41. The molecule has 3 nitrogen and oxygen atoms in total. The van der Waals surface area contributed by atoms with Gasteiger partial charge in [0.1, 0.15) is 0 Å². The Morgan fingerprint density at radius 2 is 2.05 bits per heavy atom. The molecule has 1 rings (SSSR count). The summed E-state index contributed by atoms with van der Waals surface area (Å²) in [6, 6.07) is 0.504. The number of carbonyl (C=O) groups excluding carboxylic acids is 1. The molecule has 0 aromatic rings. The molecule has 112 valence electrons. The fraction of sp³-hybridized carbons (Fsp3) is 0.938. The van der Waals surface area contributed by atoms with Crippen LogP contribution in [0.1, 0.15) is 72.1 Å². The number of piperidine rings is 1. The molecule has 0 spiro atoms. The van der Waals surface area contributed by atoms with E-state index in [9.17, 15) is 4.79 Å². The maximum absolute atomic E-state index is 12.4. The van der Waals surface area contributed by atoms with E-state index in [1.165, 1.54) is 25.7 Å². The Balaban J connectivity index is 2.46. The van der Waals surface area contributed by atoms with Gasteiger partial charge in [-0.2, -0.15) is 0 Å². The second-order valence-electron chi connectivity index (χ2n) is 6.73. The summed E-state index contributed by atoms with van der Waals surface area (Å²) >= 11 is 0. The summed E-state index contributed by atoms with van der Waals surface area (Å²) in [5, 5.41) is 0. The van der Waals surface area contributed by atoms with Crippen molar-refractivity contribution in [3.8, 4) is 0 Å². The minimum absolute atomic E-state index is 0.195. The largest absolute Gasteiger partial charge is 0.340 e. The number of hydrogen-bond acceptors (Lipinski definition) is 2. The first-order valence-electron chi connectivity index (χ1n) is 7.99. The van der Waals surface area contributed by atoms with Crippen molar-refractivity contribution in [3.05, 3.63) is 0 Å². The van der Waals surface area contributed by atoms with Crippen molar-refractivity contribution < 1.29 is 4.79 Å². The van der Waals surface area contributed by atoms with Gasteiger partial charge in [-0.1, -0.05) is 27.2 Å². The minimum atomic E-state index is 0.195. The molecule has 1 aliphatic heterocycles. The molecule has 0 saturated carbocycles. The van der Waals surface area contributed by atoms with Gasteiger partial charge in [-0.05, 0) is 50.5 Å². The highest BCUT2D eigenvalue weighted by Gasteiger charge is 2.27. The zero-order valence-electron chi connectivity index (χ0n) is 13.1. The van der Waals surface area contributed by atoms with E-state index in [4.69, 9.17) is 5.73 Å². The van der Waals surface area contributed by atoms with E-state index in [0.717, 1.165) is 25.8 Å². The molecule has 2 N–H and O–H groups in total. The molecule has 1 unspecified atom stereocenters. The quantitative estimate of drug-likeness (QED) is 0.770. The zero-order chi connectivity index (χ0) is 14.3. The summed E-state index contributed by atoms with van der Waals surface area (Å²) in [4.78, 5) is 14.6. The Morgan fingerprint density at radius 1 is 1.32 bits per heavy atom. The van der Waals surface area contributed by atoms with Crippen LogP contribution in [0.25, 0.3) is 0 Å². The number of hydrogen-bond donors (Lipinski definition) is 1. The molecule has 0 bridgehead atoms. The van der Waals surface area contributed by atoms with Crippen LogP contribution in [0, 0.1) is 5.41 Å². The van der Waals surface area contributed by atoms with Crippen LogP contribution in [0.15, 0.2) is 0 Å². The van der Waals surface area contributed by atoms with E-state index in [0.29, 0.717) is 24.9 Å². The van der Waals surface area contributed by atoms with Gasteiger partial charge in [0, 0.05) is 19.0 Å². The predicted octanol–water partition coefficient (Wildman–Crippen LogP) is 3.32. The Hall–Kier alpha value is -0.570. The van der Waals surface area contributed by atoms with Crippen molar-refractivity contribution >= 4 is 5.91 Å². The molecule has 1 aliphatic rings. The SMILES string of the molecule is CCCC1CCCCN1C(=O)CCC(C)(C)CCN. The van der Waals surface area contributed by atoms with E-state index in [-0.39, 0.29) is 5.41 Å². The van der Waals surface area contributed by atoms with E-state index in [1.807, 2.05) is 0 Å². The maximum atomic E-state index is 12.4. The molecule has 1 heterocycles. The first-order valence-corrected chi connectivity index (χ1v) is 7.99. The molecule has 1 saturated heterocycles. The molecule has 1 atom stereocenters. The number of likely N-dealkylation sites (tertiary alicyclic amines) is 1. The summed E-state index contributed by atoms with van der Waals surface area (Å²) in [5.74, 6) is 0.364. The Morgan fingerprint density at radius 3 is 2.68 bits per heavy atom. The van der Waals surface area contributed by atoms with Crippen molar-refractivity contribution in [2.75, 3.05) is 13.1 Å². The minimum Gasteiger partial charge on any atom is -0.340 e. The third-order valence-corrected chi connectivity index (χ3v) is 4.41. The van der Waals surface area contributed by atoms with Gasteiger partial charge in [0.25, 0.3) is 0 Å². The van der Waals surface area contributed by atoms with Crippen LogP contribution in [0.3, 0.4) is 0 Å². The Labute approximate surface area is 118 Å². The highest BCUT2D eigenvalue weighted by molar-refractivity contribution is 5.76. The molecular formula is C16H32N2O. The molecule has 0 aromatic carbocycles. The lowest BCUT2D eigenvalue weighted by molar-refractivity contribution is -0.135. The fourth-order valence-electron chi connectivity index (χ4n) is 3.07. The van der Waals surface area contributed by atoms with Crippen LogP contribution in [0.2, 0.25) is 0 Å². The maximum Gasteiger partial charge on any atom is 0.222 e. The first-order chi connectivity index (χ1) is 9.00. The molecule has 1 fully saturated rings. The summed E-state index contributed by atoms with van der Waals surface area (Å²) in [5.41, 5.74) is 5.82. The smallest absolute Gasteiger partial charge is 0.222 e. The summed E-state index contributed by atoms with van der Waals surface area (Å²) < 4.78 is 0. The van der Waals surface area contributed by atoms with E-state index >= 15 is 0 Å². The number of nitrogens with zero attached hydrogens (tertiary/aromatic N) is 1. The van der Waals surface area contributed by atoms with Crippen LogP contribution in [-0.2, 0) is 4.79 Å². The number of amides is 1. The monoisotopic (exact) mass is 268 g/mol. The normalized spacial score (nSPS) is 20.6. The molecular weight excluding hydrogens is 236 g/mol. The number of rotatable bonds is 7. The van der Waals surface area contributed by atoms with Crippen molar-refractivity contribution in [2.24, 2.45) is 11.1 Å². The van der Waals surface area contributed by atoms with Crippen LogP contribution in [-0.4, -0.2) is 29.9 Å². The van der Waals surface area contributed by atoms with Gasteiger partial charge >= 0.3 is 0 Å². The van der Waals surface area contributed by atoms with E-state index < -0.39 is 0 Å². The van der Waals surface area contributed by atoms with E-state index in [2.05, 4.69) is 25.7 Å². The molecule has 19 heavy (non-hydrogen) atoms. The molecule has 3 heteroatoms. The predicted molar refractivity (Wildman–Crippen MR) is 80.9 cm³/mol. The van der Waals surface area contributed by atoms with Gasteiger partial charge in [0.2, 0.25) is 5.91 Å². The lowest BCUT2D eigenvalue weighted by atomic mass is 9.84. The van der Waals surface area contributed by atoms with Crippen LogP contribution < -0.4 is 5.73 Å². The first kappa shape index (κ1) is 16.5. The molecule has 0 aromatic heterocycles. The van der Waals surface area contributed by atoms with Gasteiger partial charge in [0.05, 0.1) is 0 Å². The van der Waals surface area contributed by atoms with Crippen LogP contribution in [0.5, 0.6) is 0 Å². The molecule has 1 amide bonds. The summed E-state index contributed by atoms with van der Waals surface area (Å²) in [6.45, 7) is 8.32. The highest BCUT2D eigenvalue weighted by atomic mass is 16.2. The highest BCUT2D eigenvalue weighted by Crippen LogP contribution is 2.28. The van der Waals surface area contributed by atoms with Gasteiger partial charge in [-0.25, -0.2) is 0 Å². The average Bonchev–Trinajstić information content (AvgIpc) is 2.37. The van der Waals surface area contributed by atoms with Crippen LogP contribution in [0.4, 0.5) is 0 Å². The van der Waals surface area contributed by atoms with Gasteiger partial charge < -0.3 is 10.6 Å². The molecule has 0 radical (unpaired) electrons. The Kier molecular flexibility index (Phi) is 6.84. The molecule has 0 aliphatic carbocycles. The van der Waals surface area contributed by atoms with Gasteiger partial charge in [-0.3, -0.25) is 4.79 Å².